The van der Waals surface area contributed by atoms with Gasteiger partial charge in [0.2, 0.25) is 0 Å². The quantitative estimate of drug-likeness (QED) is 0.619. The zero-order chi connectivity index (χ0) is 18.1. The zero-order valence-electron chi connectivity index (χ0n) is 14.8. The summed E-state index contributed by atoms with van der Waals surface area (Å²) in [7, 11) is 0. The monoisotopic (exact) mass is 360 g/mol. The Morgan fingerprint density at radius 1 is 1.00 bits per heavy atom. The summed E-state index contributed by atoms with van der Waals surface area (Å²) in [6, 6.07) is 20.4. The molecular formula is C22H20N2OS. The zero-order valence-corrected chi connectivity index (χ0v) is 15.7. The van der Waals surface area contributed by atoms with Crippen LogP contribution in [0.2, 0.25) is 0 Å². The number of thiophene rings is 1. The molecule has 1 aliphatic rings. The van der Waals surface area contributed by atoms with E-state index < -0.39 is 0 Å². The lowest BCUT2D eigenvalue weighted by Gasteiger charge is -2.21. The van der Waals surface area contributed by atoms with Crippen molar-refractivity contribution in [3.05, 3.63) is 93.2 Å². The van der Waals surface area contributed by atoms with E-state index in [4.69, 9.17) is 5.10 Å². The van der Waals surface area contributed by atoms with Crippen molar-refractivity contribution in [2.45, 2.75) is 26.3 Å². The summed E-state index contributed by atoms with van der Waals surface area (Å²) >= 11 is 1.46. The van der Waals surface area contributed by atoms with Crippen molar-refractivity contribution >= 4 is 23.0 Å². The molecule has 1 amide bonds. The molecule has 4 heteroatoms. The molecule has 4 rings (SSSR count). The molecule has 3 aromatic rings. The second-order valence-corrected chi connectivity index (χ2v) is 7.62. The van der Waals surface area contributed by atoms with Crippen molar-refractivity contribution in [1.29, 1.82) is 0 Å². The first-order valence-electron chi connectivity index (χ1n) is 8.70. The van der Waals surface area contributed by atoms with Crippen molar-refractivity contribution < 1.29 is 4.79 Å². The Morgan fingerprint density at radius 2 is 1.65 bits per heavy atom. The van der Waals surface area contributed by atoms with Gasteiger partial charge in [-0.15, -0.1) is 11.3 Å². The van der Waals surface area contributed by atoms with Gasteiger partial charge in [0.15, 0.2) is 0 Å². The van der Waals surface area contributed by atoms with Crippen LogP contribution in [0, 0.1) is 13.8 Å². The minimum absolute atomic E-state index is 0.0345. The fourth-order valence-electron chi connectivity index (χ4n) is 3.18. The van der Waals surface area contributed by atoms with Gasteiger partial charge < -0.3 is 0 Å². The van der Waals surface area contributed by atoms with E-state index in [1.54, 1.807) is 5.01 Å². The molecular weight excluding hydrogens is 340 g/mol. The Balaban J connectivity index is 1.72. The summed E-state index contributed by atoms with van der Waals surface area (Å²) in [5.74, 6) is -0.0345. The largest absolute Gasteiger partial charge is 0.284 e. The smallest absolute Gasteiger partial charge is 0.266 e. The molecule has 0 saturated heterocycles. The minimum Gasteiger partial charge on any atom is -0.266 e. The average Bonchev–Trinajstić information content (AvgIpc) is 3.33. The molecule has 0 fully saturated rings. The molecule has 2 aromatic carbocycles. The highest BCUT2D eigenvalue weighted by atomic mass is 32.1. The van der Waals surface area contributed by atoms with Crippen molar-refractivity contribution in [2.24, 2.45) is 5.10 Å². The number of aryl methyl sites for hydroxylation is 2. The van der Waals surface area contributed by atoms with Crippen LogP contribution < -0.4 is 0 Å². The van der Waals surface area contributed by atoms with Crippen LogP contribution in [0.5, 0.6) is 0 Å². The number of carbonyl (C=O) groups is 1. The van der Waals surface area contributed by atoms with Crippen LogP contribution in [-0.4, -0.2) is 16.6 Å². The third kappa shape index (κ3) is 3.20. The first kappa shape index (κ1) is 16.7. The molecule has 130 valence electrons. The Morgan fingerprint density at radius 3 is 2.27 bits per heavy atom. The molecule has 0 saturated carbocycles. The maximum absolute atomic E-state index is 13.0. The fraction of sp³-hybridized carbons (Fsp3) is 0.182. The van der Waals surface area contributed by atoms with Gasteiger partial charge >= 0.3 is 0 Å². The molecule has 0 unspecified atom stereocenters. The van der Waals surface area contributed by atoms with Crippen LogP contribution in [0.3, 0.4) is 0 Å². The van der Waals surface area contributed by atoms with Gasteiger partial charge in [-0.3, -0.25) is 4.79 Å². The summed E-state index contributed by atoms with van der Waals surface area (Å²) in [5, 5.41) is 8.32. The highest BCUT2D eigenvalue weighted by molar-refractivity contribution is 7.12. The Bertz CT molecular complexity index is 941. The van der Waals surface area contributed by atoms with Gasteiger partial charge in [0.1, 0.15) is 0 Å². The average molecular weight is 360 g/mol. The lowest BCUT2D eigenvalue weighted by molar-refractivity contribution is 0.0716. The Hall–Kier alpha value is -2.72. The van der Waals surface area contributed by atoms with Crippen molar-refractivity contribution in [2.75, 3.05) is 0 Å². The van der Waals surface area contributed by atoms with Gasteiger partial charge in [0.25, 0.3) is 5.91 Å². The standard InChI is InChI=1S/C22H20N2OS/c1-15-5-9-17(10-6-15)19-14-20(18-11-7-16(2)8-12-18)24(23-19)22(25)21-4-3-13-26-21/h3-13,20H,14H2,1-2H3/t20-/m0/s1. The number of rotatable bonds is 3. The maximum atomic E-state index is 13.0. The van der Waals surface area contributed by atoms with Crippen LogP contribution in [0.25, 0.3) is 0 Å². The molecule has 0 radical (unpaired) electrons. The Kier molecular flexibility index (Phi) is 4.43. The summed E-state index contributed by atoms with van der Waals surface area (Å²) in [5.41, 5.74) is 5.58. The third-order valence-electron chi connectivity index (χ3n) is 4.70. The van der Waals surface area contributed by atoms with Gasteiger partial charge in [-0.1, -0.05) is 65.7 Å². The molecule has 2 heterocycles. The molecule has 0 aliphatic carbocycles. The van der Waals surface area contributed by atoms with E-state index in [1.807, 2.05) is 17.5 Å². The van der Waals surface area contributed by atoms with Crippen LogP contribution >= 0.6 is 11.3 Å². The van der Waals surface area contributed by atoms with Crippen molar-refractivity contribution in [3.8, 4) is 0 Å². The highest BCUT2D eigenvalue weighted by Gasteiger charge is 2.33. The van der Waals surface area contributed by atoms with E-state index in [-0.39, 0.29) is 11.9 Å². The summed E-state index contributed by atoms with van der Waals surface area (Å²) in [6.45, 7) is 4.14. The normalized spacial score (nSPS) is 16.6. The molecule has 0 N–H and O–H groups in total. The van der Waals surface area contributed by atoms with Gasteiger partial charge in [-0.05, 0) is 36.4 Å². The van der Waals surface area contributed by atoms with Crippen molar-refractivity contribution in [3.63, 3.8) is 0 Å². The molecule has 0 bridgehead atoms. The van der Waals surface area contributed by atoms with E-state index in [0.717, 1.165) is 28.1 Å². The number of carbonyl (C=O) groups excluding carboxylic acids is 1. The topological polar surface area (TPSA) is 32.7 Å². The molecule has 0 spiro atoms. The van der Waals surface area contributed by atoms with Gasteiger partial charge in [-0.2, -0.15) is 5.10 Å². The van der Waals surface area contributed by atoms with Crippen LogP contribution in [0.15, 0.2) is 71.1 Å². The lowest BCUT2D eigenvalue weighted by Crippen LogP contribution is -2.26. The third-order valence-corrected chi connectivity index (χ3v) is 5.56. The molecule has 3 nitrogen and oxygen atoms in total. The Labute approximate surface area is 157 Å². The van der Waals surface area contributed by atoms with Crippen LogP contribution in [-0.2, 0) is 0 Å². The predicted octanol–water partition coefficient (Wildman–Crippen LogP) is 5.36. The van der Waals surface area contributed by atoms with E-state index in [0.29, 0.717) is 0 Å². The molecule has 1 aromatic heterocycles. The number of hydrazone groups is 1. The number of amides is 1. The molecule has 1 atom stereocenters. The molecule has 1 aliphatic heterocycles. The number of hydrogen-bond donors (Lipinski definition) is 0. The number of benzene rings is 2. The summed E-state index contributed by atoms with van der Waals surface area (Å²) in [4.78, 5) is 13.7. The van der Waals surface area contributed by atoms with Crippen molar-refractivity contribution in [1.82, 2.24) is 5.01 Å². The van der Waals surface area contributed by atoms with Crippen LogP contribution in [0.4, 0.5) is 0 Å². The van der Waals surface area contributed by atoms with E-state index in [1.165, 1.54) is 22.5 Å². The fourth-order valence-corrected chi connectivity index (χ4v) is 3.83. The second-order valence-electron chi connectivity index (χ2n) is 6.67. The summed E-state index contributed by atoms with van der Waals surface area (Å²) in [6.07, 6.45) is 0.725. The highest BCUT2D eigenvalue weighted by Crippen LogP contribution is 2.34. The lowest BCUT2D eigenvalue weighted by atomic mass is 9.97. The second kappa shape index (κ2) is 6.89. The van der Waals surface area contributed by atoms with E-state index >= 15 is 0 Å². The first-order valence-corrected chi connectivity index (χ1v) is 9.58. The molecule has 26 heavy (non-hydrogen) atoms. The van der Waals surface area contributed by atoms with E-state index in [9.17, 15) is 4.79 Å². The van der Waals surface area contributed by atoms with Gasteiger partial charge in [0, 0.05) is 6.42 Å². The maximum Gasteiger partial charge on any atom is 0.284 e. The SMILES string of the molecule is Cc1ccc(C2=NN(C(=O)c3cccs3)[C@H](c3ccc(C)cc3)C2)cc1. The van der Waals surface area contributed by atoms with Gasteiger partial charge in [0.05, 0.1) is 16.6 Å². The summed E-state index contributed by atoms with van der Waals surface area (Å²) < 4.78 is 0. The van der Waals surface area contributed by atoms with Crippen LogP contribution in [0.1, 0.15) is 44.4 Å². The minimum atomic E-state index is -0.0681. The number of nitrogens with zero attached hydrogens (tertiary/aromatic N) is 2. The van der Waals surface area contributed by atoms with Gasteiger partial charge in [-0.25, -0.2) is 5.01 Å². The van der Waals surface area contributed by atoms with E-state index in [2.05, 4.69) is 62.4 Å². The first-order chi connectivity index (χ1) is 12.6. The number of hydrogen-bond acceptors (Lipinski definition) is 3. The predicted molar refractivity (Wildman–Crippen MR) is 107 cm³/mol.